The number of rotatable bonds is 2. The Hall–Kier alpha value is -1.10. The highest BCUT2D eigenvalue weighted by atomic mass is 16.4. The Morgan fingerprint density at radius 3 is 2.33 bits per heavy atom. The lowest BCUT2D eigenvalue weighted by atomic mass is 9.98. The molecule has 5 nitrogen and oxygen atoms in total. The number of hydrogen-bond donors (Lipinski definition) is 2. The molecule has 0 aromatic heterocycles. The summed E-state index contributed by atoms with van der Waals surface area (Å²) in [4.78, 5) is 23.0. The molecule has 5 heteroatoms. The zero-order valence-electron chi connectivity index (χ0n) is 6.30. The first kappa shape index (κ1) is 7.54. The van der Waals surface area contributed by atoms with Crippen molar-refractivity contribution in [2.24, 2.45) is 5.92 Å². The van der Waals surface area contributed by atoms with Gasteiger partial charge >= 0.3 is 11.9 Å². The first-order valence-electron chi connectivity index (χ1n) is 3.82. The average molecular weight is 171 g/mol. The summed E-state index contributed by atoms with van der Waals surface area (Å²) in [6.07, 6.45) is 0.492. The Morgan fingerprint density at radius 2 is 1.92 bits per heavy atom. The van der Waals surface area contributed by atoms with Gasteiger partial charge in [0.05, 0.1) is 5.92 Å². The van der Waals surface area contributed by atoms with Crippen LogP contribution in [0.3, 0.4) is 0 Å². The first-order chi connectivity index (χ1) is 5.61. The standard InChI is InChI=1S/C7H9NO4/c9-6(10)4-1-3-2-8(3)5(4)7(11)12/h3-5H,1-2H2,(H,9,10)(H,11,12). The number of hydrogen-bond acceptors (Lipinski definition) is 3. The number of carbonyl (C=O) groups is 2. The van der Waals surface area contributed by atoms with Crippen LogP contribution in [0.5, 0.6) is 0 Å². The molecule has 2 aliphatic heterocycles. The summed E-state index contributed by atoms with van der Waals surface area (Å²) >= 11 is 0. The van der Waals surface area contributed by atoms with Gasteiger partial charge in [0.25, 0.3) is 0 Å². The number of carboxylic acid groups (broad SMARTS) is 2. The molecule has 4 atom stereocenters. The van der Waals surface area contributed by atoms with Crippen LogP contribution >= 0.6 is 0 Å². The number of nitrogens with zero attached hydrogens (tertiary/aromatic N) is 1. The molecule has 2 N–H and O–H groups in total. The molecule has 0 aromatic rings. The van der Waals surface area contributed by atoms with Crippen LogP contribution in [0, 0.1) is 5.92 Å². The van der Waals surface area contributed by atoms with Crippen LogP contribution in [-0.4, -0.2) is 45.7 Å². The lowest BCUT2D eigenvalue weighted by Crippen LogP contribution is -2.36. The van der Waals surface area contributed by atoms with Crippen molar-refractivity contribution in [1.82, 2.24) is 4.90 Å². The van der Waals surface area contributed by atoms with Crippen LogP contribution < -0.4 is 0 Å². The molecular weight excluding hydrogens is 162 g/mol. The number of aliphatic carboxylic acids is 2. The molecule has 4 unspecified atom stereocenters. The van der Waals surface area contributed by atoms with Gasteiger partial charge in [-0.25, -0.2) is 0 Å². The summed E-state index contributed by atoms with van der Waals surface area (Å²) in [6, 6.07) is -0.570. The van der Waals surface area contributed by atoms with Crippen molar-refractivity contribution in [3.05, 3.63) is 0 Å². The maximum Gasteiger partial charge on any atom is 0.321 e. The van der Waals surface area contributed by atoms with E-state index in [1.165, 1.54) is 0 Å². The highest BCUT2D eigenvalue weighted by Crippen LogP contribution is 2.40. The van der Waals surface area contributed by atoms with Crippen LogP contribution in [0.15, 0.2) is 0 Å². The van der Waals surface area contributed by atoms with Gasteiger partial charge in [0.2, 0.25) is 0 Å². The Labute approximate surface area is 68.6 Å². The van der Waals surface area contributed by atoms with Gasteiger partial charge in [-0.1, -0.05) is 0 Å². The van der Waals surface area contributed by atoms with Crippen LogP contribution in [-0.2, 0) is 9.59 Å². The molecule has 0 amide bonds. The Kier molecular flexibility index (Phi) is 1.38. The van der Waals surface area contributed by atoms with E-state index in [1.54, 1.807) is 4.90 Å². The van der Waals surface area contributed by atoms with Crippen LogP contribution in [0.1, 0.15) is 6.42 Å². The van der Waals surface area contributed by atoms with Gasteiger partial charge in [-0.15, -0.1) is 0 Å². The Bertz CT molecular complexity index is 252. The topological polar surface area (TPSA) is 77.6 Å². The second kappa shape index (κ2) is 2.20. The van der Waals surface area contributed by atoms with E-state index in [0.29, 0.717) is 6.42 Å². The molecule has 2 fully saturated rings. The smallest absolute Gasteiger partial charge is 0.321 e. The molecule has 2 aliphatic rings. The molecule has 0 saturated carbocycles. The lowest BCUT2D eigenvalue weighted by molar-refractivity contribution is -0.151. The molecule has 0 spiro atoms. The number of piperidine rings is 1. The van der Waals surface area contributed by atoms with Crippen molar-refractivity contribution in [3.8, 4) is 0 Å². The van der Waals surface area contributed by atoms with E-state index < -0.39 is 23.9 Å². The highest BCUT2D eigenvalue weighted by molar-refractivity contribution is 5.84. The molecular formula is C7H9NO4. The summed E-state index contributed by atoms with van der Waals surface area (Å²) in [5.41, 5.74) is 0. The summed E-state index contributed by atoms with van der Waals surface area (Å²) in [5, 5.41) is 17.4. The van der Waals surface area contributed by atoms with Gasteiger partial charge in [-0.3, -0.25) is 14.5 Å². The van der Waals surface area contributed by atoms with E-state index in [2.05, 4.69) is 0 Å². The van der Waals surface area contributed by atoms with Crippen molar-refractivity contribution in [1.29, 1.82) is 0 Å². The normalized spacial score (nSPS) is 43.7. The first-order valence-corrected chi connectivity index (χ1v) is 3.82. The fourth-order valence-electron chi connectivity index (χ4n) is 1.95. The van der Waals surface area contributed by atoms with Crippen LogP contribution in [0.4, 0.5) is 0 Å². The Balaban J connectivity index is 2.16. The minimum atomic E-state index is -1.01. The third kappa shape index (κ3) is 0.896. The summed E-state index contributed by atoms with van der Waals surface area (Å²) < 4.78 is 0. The highest BCUT2D eigenvalue weighted by Gasteiger charge is 2.56. The summed E-state index contributed by atoms with van der Waals surface area (Å²) in [7, 11) is 0. The molecule has 0 aliphatic carbocycles. The zero-order chi connectivity index (χ0) is 8.88. The maximum atomic E-state index is 10.6. The molecule has 2 saturated heterocycles. The van der Waals surface area contributed by atoms with E-state index in [-0.39, 0.29) is 6.04 Å². The molecule has 0 aromatic carbocycles. The molecule has 66 valence electrons. The number of carboxylic acids is 2. The Morgan fingerprint density at radius 1 is 1.25 bits per heavy atom. The third-order valence-corrected chi connectivity index (χ3v) is 2.59. The number of fused-ring (bicyclic) bond motifs is 1. The van der Waals surface area contributed by atoms with E-state index in [0.717, 1.165) is 6.54 Å². The maximum absolute atomic E-state index is 10.6. The van der Waals surface area contributed by atoms with E-state index in [1.807, 2.05) is 0 Å². The van der Waals surface area contributed by atoms with Crippen molar-refractivity contribution in [2.75, 3.05) is 6.54 Å². The van der Waals surface area contributed by atoms with Gasteiger partial charge in [0.1, 0.15) is 6.04 Å². The van der Waals surface area contributed by atoms with Crippen molar-refractivity contribution in [2.45, 2.75) is 18.5 Å². The zero-order valence-corrected chi connectivity index (χ0v) is 6.30. The minimum Gasteiger partial charge on any atom is -0.481 e. The molecule has 2 heterocycles. The quantitative estimate of drug-likeness (QED) is 0.533. The van der Waals surface area contributed by atoms with E-state index >= 15 is 0 Å². The van der Waals surface area contributed by atoms with E-state index in [4.69, 9.17) is 10.2 Å². The lowest BCUT2D eigenvalue weighted by Gasteiger charge is -2.13. The second-order valence-corrected chi connectivity index (χ2v) is 3.31. The monoisotopic (exact) mass is 171 g/mol. The fraction of sp³-hybridized carbons (Fsp3) is 0.714. The molecule has 12 heavy (non-hydrogen) atoms. The largest absolute Gasteiger partial charge is 0.481 e. The van der Waals surface area contributed by atoms with Gasteiger partial charge < -0.3 is 10.2 Å². The molecule has 0 radical (unpaired) electrons. The third-order valence-electron chi connectivity index (χ3n) is 2.59. The van der Waals surface area contributed by atoms with Gasteiger partial charge in [0, 0.05) is 12.6 Å². The van der Waals surface area contributed by atoms with Crippen molar-refractivity contribution >= 4 is 11.9 Å². The second-order valence-electron chi connectivity index (χ2n) is 3.31. The van der Waals surface area contributed by atoms with Crippen LogP contribution in [0.2, 0.25) is 0 Å². The van der Waals surface area contributed by atoms with Crippen molar-refractivity contribution < 1.29 is 19.8 Å². The summed E-state index contributed by atoms with van der Waals surface area (Å²) in [6.45, 7) is 0.751. The minimum absolute atomic E-state index is 0.215. The summed E-state index contributed by atoms with van der Waals surface area (Å²) in [5.74, 6) is -2.71. The predicted molar refractivity (Wildman–Crippen MR) is 37.7 cm³/mol. The SMILES string of the molecule is O=C(O)C1CC2CN2C1C(=O)O. The molecule has 0 bridgehead atoms. The van der Waals surface area contributed by atoms with Gasteiger partial charge in [-0.2, -0.15) is 0 Å². The average Bonchev–Trinajstić information content (AvgIpc) is 2.60. The van der Waals surface area contributed by atoms with Crippen molar-refractivity contribution in [3.63, 3.8) is 0 Å². The fourth-order valence-corrected chi connectivity index (χ4v) is 1.95. The van der Waals surface area contributed by atoms with Gasteiger partial charge in [-0.05, 0) is 6.42 Å². The van der Waals surface area contributed by atoms with Gasteiger partial charge in [0.15, 0.2) is 0 Å². The van der Waals surface area contributed by atoms with Crippen LogP contribution in [0.25, 0.3) is 0 Å². The molecule has 2 rings (SSSR count). The predicted octanol–water partition coefficient (Wildman–Crippen LogP) is -0.772. The van der Waals surface area contributed by atoms with E-state index in [9.17, 15) is 9.59 Å².